The predicted octanol–water partition coefficient (Wildman–Crippen LogP) is 5.15. The summed E-state index contributed by atoms with van der Waals surface area (Å²) >= 11 is 1.85. The number of hydrogen-bond donors (Lipinski definition) is 0. The number of hydrogen-bond acceptors (Lipinski definition) is 1. The van der Waals surface area contributed by atoms with E-state index in [-0.39, 0.29) is 0 Å². The van der Waals surface area contributed by atoms with Crippen LogP contribution in [0.15, 0.2) is 23.6 Å². The van der Waals surface area contributed by atoms with Gasteiger partial charge in [-0.05, 0) is 45.9 Å². The summed E-state index contributed by atoms with van der Waals surface area (Å²) in [6, 6.07) is 6.97. The average molecular weight is 218 g/mol. The molecule has 0 aliphatic carbocycles. The molecule has 0 aliphatic rings. The van der Waals surface area contributed by atoms with Crippen LogP contribution in [0.1, 0.15) is 50.7 Å². The Bertz CT molecular complexity index is 463. The summed E-state index contributed by atoms with van der Waals surface area (Å²) in [5.74, 6) is 1.23. The first-order chi connectivity index (χ1) is 7.09. The van der Waals surface area contributed by atoms with Crippen molar-refractivity contribution in [2.24, 2.45) is 0 Å². The molecule has 1 aromatic carbocycles. The molecule has 15 heavy (non-hydrogen) atoms. The molecule has 80 valence electrons. The summed E-state index contributed by atoms with van der Waals surface area (Å²) in [6.45, 7) is 9.07. The van der Waals surface area contributed by atoms with Gasteiger partial charge < -0.3 is 0 Å². The minimum Gasteiger partial charge on any atom is -0.144 e. The van der Waals surface area contributed by atoms with E-state index in [9.17, 15) is 0 Å². The maximum absolute atomic E-state index is 2.38. The van der Waals surface area contributed by atoms with Gasteiger partial charge in [0.1, 0.15) is 0 Å². The molecule has 0 N–H and O–H groups in total. The van der Waals surface area contributed by atoms with Crippen molar-refractivity contribution >= 4 is 21.4 Å². The van der Waals surface area contributed by atoms with E-state index in [0.29, 0.717) is 11.8 Å². The summed E-state index contributed by atoms with van der Waals surface area (Å²) in [5.41, 5.74) is 2.96. The molecule has 0 radical (unpaired) electrons. The van der Waals surface area contributed by atoms with E-state index in [0.717, 1.165) is 0 Å². The van der Waals surface area contributed by atoms with Gasteiger partial charge in [0.15, 0.2) is 0 Å². The number of benzene rings is 1. The highest BCUT2D eigenvalue weighted by Crippen LogP contribution is 2.32. The van der Waals surface area contributed by atoms with Crippen molar-refractivity contribution in [3.63, 3.8) is 0 Å². The van der Waals surface area contributed by atoms with Crippen LogP contribution < -0.4 is 0 Å². The second-order valence-corrected chi connectivity index (χ2v) is 5.70. The minimum absolute atomic E-state index is 0.612. The second kappa shape index (κ2) is 3.97. The van der Waals surface area contributed by atoms with Gasteiger partial charge in [0.25, 0.3) is 0 Å². The smallest absolute Gasteiger partial charge is 0.0348 e. The van der Waals surface area contributed by atoms with Crippen molar-refractivity contribution < 1.29 is 0 Å². The molecule has 0 atom stereocenters. The normalized spacial score (nSPS) is 11.9. The van der Waals surface area contributed by atoms with Gasteiger partial charge in [0.05, 0.1) is 0 Å². The number of fused-ring (bicyclic) bond motifs is 1. The maximum Gasteiger partial charge on any atom is 0.0348 e. The van der Waals surface area contributed by atoms with Gasteiger partial charge in [-0.15, -0.1) is 11.3 Å². The molecule has 0 unspecified atom stereocenters. The van der Waals surface area contributed by atoms with Gasteiger partial charge in [-0.25, -0.2) is 0 Å². The SMILES string of the molecule is CC(C)c1cc(C(C)C)c2ccsc2c1. The van der Waals surface area contributed by atoms with Crippen LogP contribution in [0.25, 0.3) is 10.1 Å². The minimum atomic E-state index is 0.612. The Morgan fingerprint density at radius 1 is 1.00 bits per heavy atom. The lowest BCUT2D eigenvalue weighted by molar-refractivity contribution is 0.842. The summed E-state index contributed by atoms with van der Waals surface area (Å²) in [6.07, 6.45) is 0. The van der Waals surface area contributed by atoms with E-state index in [2.05, 4.69) is 51.3 Å². The molecule has 2 aromatic rings. The zero-order valence-corrected chi connectivity index (χ0v) is 10.7. The van der Waals surface area contributed by atoms with Crippen molar-refractivity contribution in [1.29, 1.82) is 0 Å². The van der Waals surface area contributed by atoms with Crippen LogP contribution in [0.5, 0.6) is 0 Å². The molecule has 2 rings (SSSR count). The van der Waals surface area contributed by atoms with Crippen LogP contribution in [0, 0.1) is 0 Å². The third kappa shape index (κ3) is 1.93. The fourth-order valence-corrected chi connectivity index (χ4v) is 2.80. The Kier molecular flexibility index (Phi) is 2.83. The Hall–Kier alpha value is -0.820. The molecule has 0 amide bonds. The number of rotatable bonds is 2. The molecule has 0 aliphatic heterocycles. The lowest BCUT2D eigenvalue weighted by Crippen LogP contribution is -1.93. The van der Waals surface area contributed by atoms with E-state index in [1.165, 1.54) is 21.2 Å². The van der Waals surface area contributed by atoms with Gasteiger partial charge in [-0.2, -0.15) is 0 Å². The predicted molar refractivity (Wildman–Crippen MR) is 70.0 cm³/mol. The van der Waals surface area contributed by atoms with Crippen LogP contribution in [-0.4, -0.2) is 0 Å². The monoisotopic (exact) mass is 218 g/mol. The van der Waals surface area contributed by atoms with Crippen molar-refractivity contribution in [3.8, 4) is 0 Å². The molecule has 1 heteroatoms. The van der Waals surface area contributed by atoms with E-state index < -0.39 is 0 Å². The van der Waals surface area contributed by atoms with Crippen molar-refractivity contribution in [3.05, 3.63) is 34.7 Å². The van der Waals surface area contributed by atoms with Gasteiger partial charge in [0, 0.05) is 4.70 Å². The van der Waals surface area contributed by atoms with E-state index >= 15 is 0 Å². The molecule has 1 aromatic heterocycles. The van der Waals surface area contributed by atoms with Crippen molar-refractivity contribution in [2.45, 2.75) is 39.5 Å². The van der Waals surface area contributed by atoms with Crippen LogP contribution >= 0.6 is 11.3 Å². The zero-order valence-electron chi connectivity index (χ0n) is 9.87. The first-order valence-electron chi connectivity index (χ1n) is 5.60. The Morgan fingerprint density at radius 2 is 1.73 bits per heavy atom. The van der Waals surface area contributed by atoms with Crippen molar-refractivity contribution in [1.82, 2.24) is 0 Å². The Morgan fingerprint density at radius 3 is 2.33 bits per heavy atom. The van der Waals surface area contributed by atoms with E-state index in [4.69, 9.17) is 0 Å². The standard InChI is InChI=1S/C14H18S/c1-9(2)11-7-13(10(3)4)12-5-6-15-14(12)8-11/h5-10H,1-4H3. The Balaban J connectivity index is 2.69. The molecule has 1 heterocycles. The lowest BCUT2D eigenvalue weighted by Gasteiger charge is -2.12. The highest BCUT2D eigenvalue weighted by atomic mass is 32.1. The van der Waals surface area contributed by atoms with Gasteiger partial charge >= 0.3 is 0 Å². The molecule has 0 spiro atoms. The highest BCUT2D eigenvalue weighted by Gasteiger charge is 2.10. The summed E-state index contributed by atoms with van der Waals surface area (Å²) in [7, 11) is 0. The first kappa shape index (κ1) is 10.7. The molecular formula is C14H18S. The molecule has 0 fully saturated rings. The fraction of sp³-hybridized carbons (Fsp3) is 0.429. The molecule has 0 bridgehead atoms. The third-order valence-corrected chi connectivity index (χ3v) is 3.78. The van der Waals surface area contributed by atoms with Crippen molar-refractivity contribution in [2.75, 3.05) is 0 Å². The number of thiophene rings is 1. The quantitative estimate of drug-likeness (QED) is 0.654. The topological polar surface area (TPSA) is 0 Å². The molecule has 0 saturated heterocycles. The summed E-state index contributed by atoms with van der Waals surface area (Å²) < 4.78 is 1.44. The summed E-state index contributed by atoms with van der Waals surface area (Å²) in [4.78, 5) is 0. The maximum atomic E-state index is 2.38. The lowest BCUT2D eigenvalue weighted by atomic mass is 9.93. The van der Waals surface area contributed by atoms with Gasteiger partial charge in [-0.3, -0.25) is 0 Å². The Labute approximate surface area is 95.9 Å². The zero-order chi connectivity index (χ0) is 11.0. The van der Waals surface area contributed by atoms with Crippen LogP contribution in [0.4, 0.5) is 0 Å². The fourth-order valence-electron chi connectivity index (χ4n) is 1.93. The van der Waals surface area contributed by atoms with E-state index in [1.807, 2.05) is 11.3 Å². The molecular weight excluding hydrogens is 200 g/mol. The second-order valence-electron chi connectivity index (χ2n) is 4.75. The summed E-state index contributed by atoms with van der Waals surface area (Å²) in [5, 5.41) is 3.64. The van der Waals surface area contributed by atoms with Crippen LogP contribution in [0.2, 0.25) is 0 Å². The van der Waals surface area contributed by atoms with Gasteiger partial charge in [0.2, 0.25) is 0 Å². The highest BCUT2D eigenvalue weighted by molar-refractivity contribution is 7.17. The third-order valence-electron chi connectivity index (χ3n) is 2.91. The van der Waals surface area contributed by atoms with E-state index in [1.54, 1.807) is 0 Å². The molecule has 0 saturated carbocycles. The van der Waals surface area contributed by atoms with Crippen LogP contribution in [-0.2, 0) is 0 Å². The first-order valence-corrected chi connectivity index (χ1v) is 6.48. The largest absolute Gasteiger partial charge is 0.144 e. The average Bonchev–Trinajstić information content (AvgIpc) is 2.62. The van der Waals surface area contributed by atoms with Gasteiger partial charge in [-0.1, -0.05) is 33.8 Å². The van der Waals surface area contributed by atoms with Crippen LogP contribution in [0.3, 0.4) is 0 Å². The molecule has 0 nitrogen and oxygen atoms in total.